The summed E-state index contributed by atoms with van der Waals surface area (Å²) in [6.07, 6.45) is -2.71. The molecule has 1 aromatic carbocycles. The molecule has 0 radical (unpaired) electrons. The van der Waals surface area contributed by atoms with E-state index >= 15 is 0 Å². The molecule has 1 atom stereocenters. The van der Waals surface area contributed by atoms with E-state index in [1.807, 2.05) is 0 Å². The second kappa shape index (κ2) is 5.27. The van der Waals surface area contributed by atoms with Crippen LogP contribution in [0.2, 0.25) is 5.22 Å². The van der Waals surface area contributed by atoms with E-state index < -0.39 is 17.8 Å². The van der Waals surface area contributed by atoms with Crippen molar-refractivity contribution in [3.63, 3.8) is 0 Å². The average Bonchev–Trinajstić information content (AvgIpc) is 2.75. The molecular formula is C13H11ClF3NO. The summed E-state index contributed by atoms with van der Waals surface area (Å²) >= 11 is 5.78. The fraction of sp³-hybridized carbons (Fsp3) is 0.231. The summed E-state index contributed by atoms with van der Waals surface area (Å²) in [5, 5.41) is 0.166. The van der Waals surface area contributed by atoms with Crippen molar-refractivity contribution < 1.29 is 17.6 Å². The number of halogens is 4. The first-order valence-corrected chi connectivity index (χ1v) is 5.90. The first-order chi connectivity index (χ1) is 8.88. The minimum atomic E-state index is -4.35. The number of rotatable bonds is 3. The lowest BCUT2D eigenvalue weighted by Gasteiger charge is -2.12. The highest BCUT2D eigenvalue weighted by molar-refractivity contribution is 6.29. The summed E-state index contributed by atoms with van der Waals surface area (Å²) in [7, 11) is 0. The van der Waals surface area contributed by atoms with Gasteiger partial charge in [0.15, 0.2) is 5.22 Å². The van der Waals surface area contributed by atoms with Gasteiger partial charge in [-0.15, -0.1) is 0 Å². The molecule has 1 heterocycles. The van der Waals surface area contributed by atoms with Crippen molar-refractivity contribution in [2.75, 3.05) is 0 Å². The molecule has 0 bridgehead atoms. The zero-order valence-electron chi connectivity index (χ0n) is 9.75. The molecule has 1 aromatic heterocycles. The van der Waals surface area contributed by atoms with E-state index in [0.717, 1.165) is 12.1 Å². The summed E-state index contributed by atoms with van der Waals surface area (Å²) in [6.45, 7) is 0. The highest BCUT2D eigenvalue weighted by Gasteiger charge is 2.30. The van der Waals surface area contributed by atoms with Crippen molar-refractivity contribution in [2.45, 2.75) is 18.6 Å². The second-order valence-electron chi connectivity index (χ2n) is 4.16. The van der Waals surface area contributed by atoms with Gasteiger partial charge in [0, 0.05) is 11.6 Å². The normalized spacial score (nSPS) is 13.5. The van der Waals surface area contributed by atoms with Crippen molar-refractivity contribution in [1.82, 2.24) is 0 Å². The van der Waals surface area contributed by atoms with E-state index in [0.29, 0.717) is 11.1 Å². The number of hydrogen-bond donors (Lipinski definition) is 1. The van der Waals surface area contributed by atoms with Gasteiger partial charge in [0.1, 0.15) is 0 Å². The Bertz CT molecular complexity index is 565. The lowest BCUT2D eigenvalue weighted by atomic mass is 10.0. The molecule has 0 fully saturated rings. The van der Waals surface area contributed by atoms with E-state index in [2.05, 4.69) is 0 Å². The summed E-state index contributed by atoms with van der Waals surface area (Å²) < 4.78 is 42.6. The third kappa shape index (κ3) is 3.30. The van der Waals surface area contributed by atoms with E-state index in [-0.39, 0.29) is 11.6 Å². The summed E-state index contributed by atoms with van der Waals surface area (Å²) in [5.41, 5.74) is 6.30. The number of nitrogens with two attached hydrogens (primary N) is 1. The first-order valence-electron chi connectivity index (χ1n) is 5.52. The van der Waals surface area contributed by atoms with Crippen LogP contribution in [0, 0.1) is 0 Å². The van der Waals surface area contributed by atoms with Crippen molar-refractivity contribution in [2.24, 2.45) is 5.73 Å². The molecule has 0 aliphatic heterocycles. The van der Waals surface area contributed by atoms with Crippen molar-refractivity contribution in [1.29, 1.82) is 0 Å². The van der Waals surface area contributed by atoms with Crippen LogP contribution in [-0.2, 0) is 12.6 Å². The highest BCUT2D eigenvalue weighted by Crippen LogP contribution is 2.31. The number of alkyl halides is 3. The van der Waals surface area contributed by atoms with Gasteiger partial charge in [-0.1, -0.05) is 18.2 Å². The molecule has 1 unspecified atom stereocenters. The Morgan fingerprint density at radius 3 is 2.58 bits per heavy atom. The SMILES string of the molecule is NC(Cc1cccc(C(F)(F)F)c1)c1ccoc1Cl. The van der Waals surface area contributed by atoms with Gasteiger partial charge in [0.05, 0.1) is 11.8 Å². The van der Waals surface area contributed by atoms with Crippen LogP contribution < -0.4 is 5.73 Å². The summed E-state index contributed by atoms with van der Waals surface area (Å²) in [6, 6.07) is 6.19. The Morgan fingerprint density at radius 1 is 1.26 bits per heavy atom. The average molecular weight is 290 g/mol. The predicted molar refractivity (Wildman–Crippen MR) is 65.8 cm³/mol. The monoisotopic (exact) mass is 289 g/mol. The van der Waals surface area contributed by atoms with Crippen LogP contribution >= 0.6 is 11.6 Å². The number of hydrogen-bond acceptors (Lipinski definition) is 2. The van der Waals surface area contributed by atoms with Crippen LogP contribution in [0.3, 0.4) is 0 Å². The molecule has 0 saturated carbocycles. The van der Waals surface area contributed by atoms with E-state index in [9.17, 15) is 13.2 Å². The highest BCUT2D eigenvalue weighted by atomic mass is 35.5. The Balaban J connectivity index is 2.18. The molecular weight excluding hydrogens is 279 g/mol. The summed E-state index contributed by atoms with van der Waals surface area (Å²) in [5.74, 6) is 0. The van der Waals surface area contributed by atoms with Gasteiger partial charge in [-0.3, -0.25) is 0 Å². The van der Waals surface area contributed by atoms with Gasteiger partial charge in [-0.2, -0.15) is 13.2 Å². The molecule has 2 aromatic rings. The zero-order valence-corrected chi connectivity index (χ0v) is 10.5. The smallest absolute Gasteiger partial charge is 0.416 e. The van der Waals surface area contributed by atoms with Crippen LogP contribution in [-0.4, -0.2) is 0 Å². The maximum atomic E-state index is 12.6. The molecule has 102 valence electrons. The second-order valence-corrected chi connectivity index (χ2v) is 4.50. The molecule has 0 saturated heterocycles. The quantitative estimate of drug-likeness (QED) is 0.920. The fourth-order valence-electron chi connectivity index (χ4n) is 1.81. The Labute approximate surface area is 113 Å². The van der Waals surface area contributed by atoms with E-state index in [1.54, 1.807) is 12.1 Å². The van der Waals surface area contributed by atoms with Gasteiger partial charge < -0.3 is 10.2 Å². The molecule has 2 nitrogen and oxygen atoms in total. The molecule has 0 amide bonds. The molecule has 19 heavy (non-hydrogen) atoms. The van der Waals surface area contributed by atoms with Gasteiger partial charge in [-0.25, -0.2) is 0 Å². The molecule has 2 rings (SSSR count). The number of furan rings is 1. The standard InChI is InChI=1S/C13H11ClF3NO/c14-12-10(4-5-19-12)11(18)7-8-2-1-3-9(6-8)13(15,16)17/h1-6,11H,7,18H2. The van der Waals surface area contributed by atoms with E-state index in [1.165, 1.54) is 12.3 Å². The van der Waals surface area contributed by atoms with Crippen LogP contribution in [0.4, 0.5) is 13.2 Å². The Hall–Kier alpha value is -1.46. The van der Waals surface area contributed by atoms with Crippen molar-refractivity contribution in [3.05, 3.63) is 58.5 Å². The van der Waals surface area contributed by atoms with Crippen LogP contribution in [0.5, 0.6) is 0 Å². The lowest BCUT2D eigenvalue weighted by Crippen LogP contribution is -2.13. The van der Waals surface area contributed by atoms with Crippen molar-refractivity contribution >= 4 is 11.6 Å². The Kier molecular flexibility index (Phi) is 3.87. The lowest BCUT2D eigenvalue weighted by molar-refractivity contribution is -0.137. The minimum Gasteiger partial charge on any atom is -0.453 e. The fourth-order valence-corrected chi connectivity index (χ4v) is 2.06. The largest absolute Gasteiger partial charge is 0.453 e. The third-order valence-corrected chi connectivity index (χ3v) is 3.06. The van der Waals surface area contributed by atoms with Crippen LogP contribution in [0.15, 0.2) is 41.0 Å². The Morgan fingerprint density at radius 2 is 2.00 bits per heavy atom. The maximum absolute atomic E-state index is 12.6. The van der Waals surface area contributed by atoms with Crippen molar-refractivity contribution in [3.8, 4) is 0 Å². The molecule has 2 N–H and O–H groups in total. The first kappa shape index (κ1) is 14.0. The topological polar surface area (TPSA) is 39.2 Å². The van der Waals surface area contributed by atoms with Crippen LogP contribution in [0.25, 0.3) is 0 Å². The zero-order chi connectivity index (χ0) is 14.0. The van der Waals surface area contributed by atoms with Gasteiger partial charge in [0.25, 0.3) is 0 Å². The molecule has 0 spiro atoms. The van der Waals surface area contributed by atoms with Crippen LogP contribution in [0.1, 0.15) is 22.7 Å². The van der Waals surface area contributed by atoms with Gasteiger partial charge in [0.2, 0.25) is 0 Å². The molecule has 6 heteroatoms. The van der Waals surface area contributed by atoms with Gasteiger partial charge >= 0.3 is 6.18 Å². The van der Waals surface area contributed by atoms with Gasteiger partial charge in [-0.05, 0) is 35.7 Å². The maximum Gasteiger partial charge on any atom is 0.416 e. The molecule has 0 aliphatic rings. The number of benzene rings is 1. The molecule has 0 aliphatic carbocycles. The predicted octanol–water partition coefficient (Wildman–Crippen LogP) is 4.19. The summed E-state index contributed by atoms with van der Waals surface area (Å²) in [4.78, 5) is 0. The third-order valence-electron chi connectivity index (χ3n) is 2.76. The van der Waals surface area contributed by atoms with E-state index in [4.69, 9.17) is 21.8 Å². The minimum absolute atomic E-state index is 0.166.